The van der Waals surface area contributed by atoms with Gasteiger partial charge in [-0.1, -0.05) is 19.3 Å². The lowest BCUT2D eigenvalue weighted by Gasteiger charge is -2.42. The Morgan fingerprint density at radius 2 is 1.64 bits per heavy atom. The second kappa shape index (κ2) is 3.14. The van der Waals surface area contributed by atoms with E-state index in [0.717, 1.165) is 13.2 Å². The average Bonchev–Trinajstić information content (AvgIpc) is 1.82. The van der Waals surface area contributed by atoms with Crippen LogP contribution in [0.25, 0.3) is 0 Å². The normalized spacial score (nSPS) is 30.5. The largest absolute Gasteiger partial charge is 0.381 e. The maximum Gasteiger partial charge on any atom is 0.0522 e. The first kappa shape index (κ1) is 7.60. The van der Waals surface area contributed by atoms with E-state index in [9.17, 15) is 0 Å². The van der Waals surface area contributed by atoms with Gasteiger partial charge in [0, 0.05) is 6.61 Å². The van der Waals surface area contributed by atoms with Crippen LogP contribution in [0, 0.1) is 5.41 Å². The molecular formula is C10H18O. The monoisotopic (exact) mass is 154 g/mol. The molecule has 2 rings (SSSR count). The zero-order valence-electron chi connectivity index (χ0n) is 7.27. The molecule has 0 aromatic rings. The Hall–Kier alpha value is -0.0400. The number of hydrogen-bond donors (Lipinski definition) is 0. The summed E-state index contributed by atoms with van der Waals surface area (Å²) in [5.41, 5.74) is 0.653. The molecule has 1 saturated carbocycles. The maximum absolute atomic E-state index is 5.63. The van der Waals surface area contributed by atoms with Crippen molar-refractivity contribution in [3.05, 3.63) is 0 Å². The minimum absolute atomic E-state index is 0.653. The van der Waals surface area contributed by atoms with E-state index in [1.807, 2.05) is 0 Å². The molecule has 2 fully saturated rings. The fourth-order valence-corrected chi connectivity index (χ4v) is 2.31. The Morgan fingerprint density at radius 1 is 0.818 bits per heavy atom. The van der Waals surface area contributed by atoms with Gasteiger partial charge in [0.2, 0.25) is 0 Å². The van der Waals surface area contributed by atoms with Gasteiger partial charge >= 0.3 is 0 Å². The lowest BCUT2D eigenvalue weighted by atomic mass is 9.66. The molecule has 1 heteroatoms. The topological polar surface area (TPSA) is 9.23 Å². The molecule has 0 unspecified atom stereocenters. The molecule has 1 spiro atoms. The van der Waals surface area contributed by atoms with E-state index < -0.39 is 0 Å². The summed E-state index contributed by atoms with van der Waals surface area (Å²) in [7, 11) is 0. The Labute approximate surface area is 69.1 Å². The SMILES string of the molecule is C1CCOCC2(CC1)CCC2. The van der Waals surface area contributed by atoms with Crippen molar-refractivity contribution in [2.75, 3.05) is 13.2 Å². The quantitative estimate of drug-likeness (QED) is 0.521. The number of rotatable bonds is 0. The van der Waals surface area contributed by atoms with Gasteiger partial charge in [0.25, 0.3) is 0 Å². The Balaban J connectivity index is 1.86. The van der Waals surface area contributed by atoms with Crippen LogP contribution in [0.4, 0.5) is 0 Å². The molecule has 0 aromatic carbocycles. The van der Waals surface area contributed by atoms with Gasteiger partial charge in [-0.3, -0.25) is 0 Å². The second-order valence-electron chi connectivity index (χ2n) is 4.22. The molecule has 1 nitrogen and oxygen atoms in total. The van der Waals surface area contributed by atoms with E-state index in [1.54, 1.807) is 0 Å². The Bertz CT molecular complexity index is 117. The van der Waals surface area contributed by atoms with Crippen molar-refractivity contribution in [3.8, 4) is 0 Å². The first-order chi connectivity index (χ1) is 5.41. The van der Waals surface area contributed by atoms with Crippen LogP contribution >= 0.6 is 0 Å². The van der Waals surface area contributed by atoms with Gasteiger partial charge in [0.15, 0.2) is 0 Å². The summed E-state index contributed by atoms with van der Waals surface area (Å²) in [6, 6.07) is 0. The molecule has 0 amide bonds. The van der Waals surface area contributed by atoms with E-state index >= 15 is 0 Å². The predicted octanol–water partition coefficient (Wildman–Crippen LogP) is 2.75. The fraction of sp³-hybridized carbons (Fsp3) is 1.00. The summed E-state index contributed by atoms with van der Waals surface area (Å²) in [4.78, 5) is 0. The smallest absolute Gasteiger partial charge is 0.0522 e. The zero-order valence-corrected chi connectivity index (χ0v) is 7.27. The van der Waals surface area contributed by atoms with Gasteiger partial charge in [-0.25, -0.2) is 0 Å². The number of ether oxygens (including phenoxy) is 1. The Morgan fingerprint density at radius 3 is 2.36 bits per heavy atom. The van der Waals surface area contributed by atoms with Crippen molar-refractivity contribution in [1.29, 1.82) is 0 Å². The number of hydrogen-bond acceptors (Lipinski definition) is 1. The van der Waals surface area contributed by atoms with Crippen LogP contribution in [0.5, 0.6) is 0 Å². The lowest BCUT2D eigenvalue weighted by molar-refractivity contribution is -0.0246. The zero-order chi connectivity index (χ0) is 7.57. The van der Waals surface area contributed by atoms with E-state index in [-0.39, 0.29) is 0 Å². The molecule has 1 heterocycles. The molecule has 1 aliphatic heterocycles. The Kier molecular flexibility index (Phi) is 2.17. The van der Waals surface area contributed by atoms with Gasteiger partial charge in [0.05, 0.1) is 6.61 Å². The van der Waals surface area contributed by atoms with Crippen molar-refractivity contribution in [1.82, 2.24) is 0 Å². The summed E-state index contributed by atoms with van der Waals surface area (Å²) < 4.78 is 5.63. The summed E-state index contributed by atoms with van der Waals surface area (Å²) in [6.45, 7) is 2.08. The molecule has 0 radical (unpaired) electrons. The summed E-state index contributed by atoms with van der Waals surface area (Å²) in [5.74, 6) is 0. The van der Waals surface area contributed by atoms with E-state index in [4.69, 9.17) is 4.74 Å². The van der Waals surface area contributed by atoms with Gasteiger partial charge in [-0.15, -0.1) is 0 Å². The minimum Gasteiger partial charge on any atom is -0.381 e. The third-order valence-corrected chi connectivity index (χ3v) is 3.32. The molecule has 0 aromatic heterocycles. The van der Waals surface area contributed by atoms with Crippen LogP contribution in [0.2, 0.25) is 0 Å². The van der Waals surface area contributed by atoms with Gasteiger partial charge in [-0.05, 0) is 31.1 Å². The standard InChI is InChI=1S/C10H18O/c1-2-5-10(6-4-7-10)9-11-8-3-1/h1-9H2. The van der Waals surface area contributed by atoms with Crippen molar-refractivity contribution in [2.24, 2.45) is 5.41 Å². The average molecular weight is 154 g/mol. The van der Waals surface area contributed by atoms with Gasteiger partial charge in [0.1, 0.15) is 0 Å². The maximum atomic E-state index is 5.63. The van der Waals surface area contributed by atoms with Crippen LogP contribution < -0.4 is 0 Å². The van der Waals surface area contributed by atoms with Gasteiger partial charge in [-0.2, -0.15) is 0 Å². The van der Waals surface area contributed by atoms with Gasteiger partial charge < -0.3 is 4.74 Å². The van der Waals surface area contributed by atoms with Crippen molar-refractivity contribution >= 4 is 0 Å². The highest BCUT2D eigenvalue weighted by Gasteiger charge is 2.36. The highest BCUT2D eigenvalue weighted by atomic mass is 16.5. The second-order valence-corrected chi connectivity index (χ2v) is 4.22. The molecular weight excluding hydrogens is 136 g/mol. The van der Waals surface area contributed by atoms with Crippen LogP contribution in [-0.2, 0) is 4.74 Å². The summed E-state index contributed by atoms with van der Waals surface area (Å²) in [6.07, 6.45) is 9.89. The van der Waals surface area contributed by atoms with Crippen LogP contribution in [0.15, 0.2) is 0 Å². The van der Waals surface area contributed by atoms with Crippen LogP contribution in [0.1, 0.15) is 44.9 Å². The first-order valence-corrected chi connectivity index (χ1v) is 4.99. The highest BCUT2D eigenvalue weighted by molar-refractivity contribution is 4.87. The van der Waals surface area contributed by atoms with Crippen molar-refractivity contribution in [2.45, 2.75) is 44.9 Å². The van der Waals surface area contributed by atoms with E-state index in [2.05, 4.69) is 0 Å². The van der Waals surface area contributed by atoms with Crippen LogP contribution in [0.3, 0.4) is 0 Å². The minimum atomic E-state index is 0.653. The van der Waals surface area contributed by atoms with Crippen molar-refractivity contribution < 1.29 is 4.74 Å². The third-order valence-electron chi connectivity index (χ3n) is 3.32. The van der Waals surface area contributed by atoms with Crippen molar-refractivity contribution in [3.63, 3.8) is 0 Å². The highest BCUT2D eigenvalue weighted by Crippen LogP contribution is 2.45. The summed E-state index contributed by atoms with van der Waals surface area (Å²) >= 11 is 0. The lowest BCUT2D eigenvalue weighted by Crippen LogP contribution is -2.35. The molecule has 1 saturated heterocycles. The van der Waals surface area contributed by atoms with E-state index in [1.165, 1.54) is 44.9 Å². The molecule has 64 valence electrons. The third kappa shape index (κ3) is 1.58. The molecule has 2 aliphatic rings. The molecule has 11 heavy (non-hydrogen) atoms. The first-order valence-electron chi connectivity index (χ1n) is 4.99. The summed E-state index contributed by atoms with van der Waals surface area (Å²) in [5, 5.41) is 0. The predicted molar refractivity (Wildman–Crippen MR) is 45.6 cm³/mol. The molecule has 0 N–H and O–H groups in total. The molecule has 1 aliphatic carbocycles. The van der Waals surface area contributed by atoms with E-state index in [0.29, 0.717) is 5.41 Å². The van der Waals surface area contributed by atoms with Crippen LogP contribution in [-0.4, -0.2) is 13.2 Å². The molecule has 0 bridgehead atoms. The molecule has 0 atom stereocenters. The fourth-order valence-electron chi connectivity index (χ4n) is 2.31.